The molecule has 2 aliphatic rings. The highest BCUT2D eigenvalue weighted by molar-refractivity contribution is 5.79. The van der Waals surface area contributed by atoms with E-state index in [1.165, 1.54) is 29.8 Å². The SMILES string of the molecule is CCCCC1(C)OC(c2ccccc2)N2c3ccccc3N(C)C21. The minimum atomic E-state index is -0.176. The third kappa shape index (κ3) is 2.22. The zero-order valence-corrected chi connectivity index (χ0v) is 14.8. The second-order valence-corrected chi connectivity index (χ2v) is 7.18. The van der Waals surface area contributed by atoms with Gasteiger partial charge in [0.1, 0.15) is 11.8 Å². The average Bonchev–Trinajstić information content (AvgIpc) is 3.09. The van der Waals surface area contributed by atoms with Gasteiger partial charge in [0.2, 0.25) is 0 Å². The Morgan fingerprint density at radius 2 is 1.67 bits per heavy atom. The summed E-state index contributed by atoms with van der Waals surface area (Å²) in [6, 6.07) is 19.3. The van der Waals surface area contributed by atoms with Gasteiger partial charge in [0, 0.05) is 12.6 Å². The standard InChI is InChI=1S/C21H26N2O/c1-4-5-15-21(2)20-22(3)17-13-9-10-14-18(17)23(20)19(24-21)16-11-7-6-8-12-16/h6-14,19-20H,4-5,15H2,1-3H3. The third-order valence-electron chi connectivity index (χ3n) is 5.46. The zero-order valence-electron chi connectivity index (χ0n) is 14.8. The predicted molar refractivity (Wildman–Crippen MR) is 99.3 cm³/mol. The van der Waals surface area contributed by atoms with Gasteiger partial charge in [-0.05, 0) is 25.5 Å². The first-order chi connectivity index (χ1) is 11.7. The van der Waals surface area contributed by atoms with Crippen molar-refractivity contribution in [3.8, 4) is 0 Å². The van der Waals surface area contributed by atoms with E-state index >= 15 is 0 Å². The maximum absolute atomic E-state index is 6.72. The first kappa shape index (κ1) is 15.5. The van der Waals surface area contributed by atoms with Crippen molar-refractivity contribution < 1.29 is 4.74 Å². The van der Waals surface area contributed by atoms with E-state index in [0.717, 1.165) is 6.42 Å². The monoisotopic (exact) mass is 322 g/mol. The fourth-order valence-electron chi connectivity index (χ4n) is 4.32. The molecule has 0 aromatic heterocycles. The lowest BCUT2D eigenvalue weighted by molar-refractivity contribution is -0.0422. The van der Waals surface area contributed by atoms with Crippen molar-refractivity contribution in [2.24, 2.45) is 0 Å². The molecule has 2 aromatic rings. The lowest BCUT2D eigenvalue weighted by Crippen LogP contribution is -2.50. The van der Waals surface area contributed by atoms with Crippen LogP contribution in [0.5, 0.6) is 0 Å². The van der Waals surface area contributed by atoms with E-state index in [2.05, 4.69) is 85.3 Å². The summed E-state index contributed by atoms with van der Waals surface area (Å²) >= 11 is 0. The molecule has 24 heavy (non-hydrogen) atoms. The lowest BCUT2D eigenvalue weighted by Gasteiger charge is -2.34. The number of hydrogen-bond donors (Lipinski definition) is 0. The van der Waals surface area contributed by atoms with Gasteiger partial charge in [-0.3, -0.25) is 0 Å². The molecule has 1 fully saturated rings. The van der Waals surface area contributed by atoms with Crippen LogP contribution in [0, 0.1) is 0 Å². The third-order valence-corrected chi connectivity index (χ3v) is 5.46. The van der Waals surface area contributed by atoms with Gasteiger partial charge in [0.15, 0.2) is 6.23 Å². The van der Waals surface area contributed by atoms with Crippen LogP contribution >= 0.6 is 0 Å². The number of nitrogens with zero attached hydrogens (tertiary/aromatic N) is 2. The number of likely N-dealkylation sites (N-methyl/N-ethyl adjacent to an activating group) is 1. The van der Waals surface area contributed by atoms with Crippen LogP contribution in [-0.2, 0) is 4.74 Å². The summed E-state index contributed by atoms with van der Waals surface area (Å²) in [6.45, 7) is 4.53. The van der Waals surface area contributed by atoms with E-state index < -0.39 is 0 Å². The Kier molecular flexibility index (Phi) is 3.76. The Balaban J connectivity index is 1.80. The molecule has 0 saturated carbocycles. The van der Waals surface area contributed by atoms with Crippen molar-refractivity contribution in [1.29, 1.82) is 0 Å². The Morgan fingerprint density at radius 1 is 1.00 bits per heavy atom. The number of hydrogen-bond acceptors (Lipinski definition) is 3. The van der Waals surface area contributed by atoms with Crippen molar-refractivity contribution in [1.82, 2.24) is 0 Å². The number of unbranched alkanes of at least 4 members (excludes halogenated alkanes) is 1. The predicted octanol–water partition coefficient (Wildman–Crippen LogP) is 4.95. The van der Waals surface area contributed by atoms with Crippen molar-refractivity contribution in [3.63, 3.8) is 0 Å². The molecule has 0 bridgehead atoms. The van der Waals surface area contributed by atoms with Crippen molar-refractivity contribution in [2.75, 3.05) is 16.8 Å². The minimum Gasteiger partial charge on any atom is -0.350 e. The molecule has 3 heteroatoms. The Hall–Kier alpha value is -2.00. The molecule has 0 radical (unpaired) electrons. The Bertz CT molecular complexity index is 717. The van der Waals surface area contributed by atoms with Gasteiger partial charge < -0.3 is 14.5 Å². The second kappa shape index (κ2) is 5.82. The van der Waals surface area contributed by atoms with Crippen LogP contribution in [0.3, 0.4) is 0 Å². The molecule has 2 aliphatic heterocycles. The van der Waals surface area contributed by atoms with Crippen LogP contribution in [0.1, 0.15) is 44.9 Å². The molecule has 0 spiro atoms. The highest BCUT2D eigenvalue weighted by atomic mass is 16.5. The molecule has 126 valence electrons. The van der Waals surface area contributed by atoms with E-state index in [9.17, 15) is 0 Å². The molecule has 0 aliphatic carbocycles. The van der Waals surface area contributed by atoms with Gasteiger partial charge in [-0.25, -0.2) is 0 Å². The molecule has 1 saturated heterocycles. The molecule has 3 atom stereocenters. The van der Waals surface area contributed by atoms with Gasteiger partial charge in [-0.2, -0.15) is 0 Å². The average molecular weight is 322 g/mol. The van der Waals surface area contributed by atoms with Crippen LogP contribution in [0.4, 0.5) is 11.4 Å². The molecule has 2 aromatic carbocycles. The highest BCUT2D eigenvalue weighted by Crippen LogP contribution is 2.54. The molecular weight excluding hydrogens is 296 g/mol. The Morgan fingerprint density at radius 3 is 2.38 bits per heavy atom. The molecule has 2 heterocycles. The summed E-state index contributed by atoms with van der Waals surface area (Å²) in [7, 11) is 2.20. The first-order valence-corrected chi connectivity index (χ1v) is 8.98. The summed E-state index contributed by atoms with van der Waals surface area (Å²) in [4.78, 5) is 4.87. The van der Waals surface area contributed by atoms with Gasteiger partial charge in [-0.15, -0.1) is 0 Å². The van der Waals surface area contributed by atoms with E-state index in [1.54, 1.807) is 0 Å². The van der Waals surface area contributed by atoms with E-state index in [1.807, 2.05) is 0 Å². The summed E-state index contributed by atoms with van der Waals surface area (Å²) in [5, 5.41) is 0. The quantitative estimate of drug-likeness (QED) is 0.792. The maximum Gasteiger partial charge on any atom is 0.159 e. The summed E-state index contributed by atoms with van der Waals surface area (Å²) in [6.07, 6.45) is 3.67. The van der Waals surface area contributed by atoms with Crippen molar-refractivity contribution in [2.45, 2.75) is 51.1 Å². The van der Waals surface area contributed by atoms with Gasteiger partial charge >= 0.3 is 0 Å². The minimum absolute atomic E-state index is 0.0239. The largest absolute Gasteiger partial charge is 0.350 e. The fraction of sp³-hybridized carbons (Fsp3) is 0.429. The normalized spacial score (nSPS) is 28.1. The number of para-hydroxylation sites is 2. The number of ether oxygens (including phenoxy) is 1. The second-order valence-electron chi connectivity index (χ2n) is 7.18. The lowest BCUT2D eigenvalue weighted by atomic mass is 9.95. The van der Waals surface area contributed by atoms with Crippen LogP contribution in [0.2, 0.25) is 0 Å². The molecule has 0 N–H and O–H groups in total. The van der Waals surface area contributed by atoms with Crippen LogP contribution in [0.25, 0.3) is 0 Å². The number of fused-ring (bicyclic) bond motifs is 3. The van der Waals surface area contributed by atoms with Crippen LogP contribution in [0.15, 0.2) is 54.6 Å². The highest BCUT2D eigenvalue weighted by Gasteiger charge is 2.56. The molecule has 0 amide bonds. The van der Waals surface area contributed by atoms with Gasteiger partial charge in [0.05, 0.1) is 11.4 Å². The molecule has 4 rings (SSSR count). The maximum atomic E-state index is 6.72. The summed E-state index contributed by atoms with van der Waals surface area (Å²) in [5.41, 5.74) is 3.63. The van der Waals surface area contributed by atoms with Gasteiger partial charge in [-0.1, -0.05) is 62.2 Å². The number of anilines is 2. The van der Waals surface area contributed by atoms with E-state index in [-0.39, 0.29) is 18.0 Å². The first-order valence-electron chi connectivity index (χ1n) is 8.98. The fourth-order valence-corrected chi connectivity index (χ4v) is 4.32. The van der Waals surface area contributed by atoms with Crippen LogP contribution in [-0.4, -0.2) is 18.8 Å². The van der Waals surface area contributed by atoms with E-state index in [4.69, 9.17) is 4.74 Å². The molecular formula is C21H26N2O. The van der Waals surface area contributed by atoms with Crippen LogP contribution < -0.4 is 9.80 Å². The summed E-state index contributed by atoms with van der Waals surface area (Å²) in [5.74, 6) is 0. The zero-order chi connectivity index (χ0) is 16.7. The smallest absolute Gasteiger partial charge is 0.159 e. The Labute approximate surface area is 144 Å². The van der Waals surface area contributed by atoms with Gasteiger partial charge in [0.25, 0.3) is 0 Å². The summed E-state index contributed by atoms with van der Waals surface area (Å²) < 4.78 is 6.72. The molecule has 3 nitrogen and oxygen atoms in total. The molecule has 3 unspecified atom stereocenters. The van der Waals surface area contributed by atoms with Crippen molar-refractivity contribution in [3.05, 3.63) is 60.2 Å². The number of benzene rings is 2. The van der Waals surface area contributed by atoms with E-state index in [0.29, 0.717) is 0 Å². The van der Waals surface area contributed by atoms with Crippen molar-refractivity contribution >= 4 is 11.4 Å². The topological polar surface area (TPSA) is 15.7 Å². The number of rotatable bonds is 4.